The van der Waals surface area contributed by atoms with Gasteiger partial charge in [0.1, 0.15) is 6.61 Å². The molecule has 0 aliphatic heterocycles. The van der Waals surface area contributed by atoms with E-state index in [1.165, 1.54) is 38.5 Å². The Balaban J connectivity index is 4.33. The molecule has 0 saturated carbocycles. The van der Waals surface area contributed by atoms with Crippen molar-refractivity contribution in [1.82, 2.24) is 0 Å². The summed E-state index contributed by atoms with van der Waals surface area (Å²) in [6.07, 6.45) is 61.2. The predicted molar refractivity (Wildman–Crippen MR) is 242 cm³/mol. The third-order valence-electron chi connectivity index (χ3n) is 9.12. The summed E-state index contributed by atoms with van der Waals surface area (Å²) in [5.41, 5.74) is 0. The fraction of sp³-hybridized carbons (Fsp3) is 0.647. The van der Waals surface area contributed by atoms with Crippen LogP contribution in [0.2, 0.25) is 0 Å². The van der Waals surface area contributed by atoms with Crippen molar-refractivity contribution in [1.29, 1.82) is 0 Å². The lowest BCUT2D eigenvalue weighted by Crippen LogP contribution is -2.30. The van der Waals surface area contributed by atoms with E-state index in [4.69, 9.17) is 14.2 Å². The zero-order valence-corrected chi connectivity index (χ0v) is 36.4. The number of rotatable bonds is 40. The van der Waals surface area contributed by atoms with E-state index in [2.05, 4.69) is 118 Å². The molecular weight excluding hydrogens is 693 g/mol. The molecule has 0 bridgehead atoms. The average Bonchev–Trinajstić information content (AvgIpc) is 3.20. The highest BCUT2D eigenvalue weighted by Gasteiger charge is 2.17. The maximum absolute atomic E-state index is 12.7. The van der Waals surface area contributed by atoms with Gasteiger partial charge in [0.2, 0.25) is 0 Å². The molecule has 0 aromatic heterocycles. The van der Waals surface area contributed by atoms with E-state index < -0.39 is 6.10 Å². The van der Waals surface area contributed by atoms with Crippen LogP contribution in [-0.2, 0) is 23.8 Å². The molecule has 1 atom stereocenters. The SMILES string of the molecule is CC/C=C\C/C=C\C/C=C\C/C=C\CCCCCCC(=O)OCC(COCCCCCCCCCC)OC(=O)CCCC/C=C\C/C=C\C/C=C\C/C=C\CC. The normalized spacial score (nSPS) is 13.1. The van der Waals surface area contributed by atoms with Crippen molar-refractivity contribution in [2.75, 3.05) is 19.8 Å². The number of allylic oxidation sites excluding steroid dienone is 16. The number of hydrogen-bond acceptors (Lipinski definition) is 5. The van der Waals surface area contributed by atoms with Gasteiger partial charge < -0.3 is 14.2 Å². The van der Waals surface area contributed by atoms with E-state index in [1.54, 1.807) is 0 Å². The molecule has 0 radical (unpaired) electrons. The summed E-state index contributed by atoms with van der Waals surface area (Å²) in [5.74, 6) is -0.480. The van der Waals surface area contributed by atoms with E-state index in [1.807, 2.05) is 0 Å². The van der Waals surface area contributed by atoms with Gasteiger partial charge in [-0.1, -0.05) is 176 Å². The second-order valence-corrected chi connectivity index (χ2v) is 14.5. The van der Waals surface area contributed by atoms with Crippen molar-refractivity contribution in [2.45, 2.75) is 194 Å². The Morgan fingerprint density at radius 2 is 0.804 bits per heavy atom. The lowest BCUT2D eigenvalue weighted by molar-refractivity contribution is -0.163. The third-order valence-corrected chi connectivity index (χ3v) is 9.12. The molecule has 0 amide bonds. The van der Waals surface area contributed by atoms with Gasteiger partial charge in [-0.25, -0.2) is 0 Å². The standard InChI is InChI=1S/C51H84O5/c1-4-7-10-13-16-19-21-23-25-26-28-29-31-33-35-38-41-44-50(52)55-48-49(47-54-46-43-40-37-18-15-12-9-6-3)56-51(53)45-42-39-36-34-32-30-27-24-22-20-17-14-11-8-5-2/h7-8,10-11,16-17,19-20,23-25,27-29,32,34,49H,4-6,9,12-15,18,21-22,26,30-31,33,35-48H2,1-3H3/b10-7-,11-8-,19-16-,20-17-,25-23-,27-24-,29-28-,34-32-. The van der Waals surface area contributed by atoms with Crippen LogP contribution in [0.25, 0.3) is 0 Å². The van der Waals surface area contributed by atoms with Gasteiger partial charge in [0, 0.05) is 19.4 Å². The molecule has 1 unspecified atom stereocenters. The molecule has 0 aliphatic carbocycles. The monoisotopic (exact) mass is 777 g/mol. The van der Waals surface area contributed by atoms with Crippen molar-refractivity contribution < 1.29 is 23.8 Å². The maximum Gasteiger partial charge on any atom is 0.306 e. The molecule has 0 N–H and O–H groups in total. The first-order valence-electron chi connectivity index (χ1n) is 22.8. The van der Waals surface area contributed by atoms with Crippen LogP contribution in [-0.4, -0.2) is 37.9 Å². The number of carbonyl (C=O) groups excluding carboxylic acids is 2. The third kappa shape index (κ3) is 43.5. The number of ether oxygens (including phenoxy) is 3. The van der Waals surface area contributed by atoms with E-state index in [0.717, 1.165) is 116 Å². The molecule has 5 heteroatoms. The number of unbranched alkanes of at least 4 members (excludes halogenated alkanes) is 13. The lowest BCUT2D eigenvalue weighted by atomic mass is 10.1. The summed E-state index contributed by atoms with van der Waals surface area (Å²) < 4.78 is 17.2. The van der Waals surface area contributed by atoms with Crippen molar-refractivity contribution in [3.05, 3.63) is 97.2 Å². The maximum atomic E-state index is 12.7. The molecule has 0 heterocycles. The Kier molecular flexibility index (Phi) is 43.6. The Morgan fingerprint density at radius 3 is 1.32 bits per heavy atom. The van der Waals surface area contributed by atoms with Gasteiger partial charge in [-0.05, 0) is 96.3 Å². The second-order valence-electron chi connectivity index (χ2n) is 14.5. The van der Waals surface area contributed by atoms with Crippen molar-refractivity contribution >= 4 is 11.9 Å². The van der Waals surface area contributed by atoms with E-state index >= 15 is 0 Å². The summed E-state index contributed by atoms with van der Waals surface area (Å²) in [5, 5.41) is 0. The summed E-state index contributed by atoms with van der Waals surface area (Å²) in [6, 6.07) is 0. The largest absolute Gasteiger partial charge is 0.462 e. The highest BCUT2D eigenvalue weighted by molar-refractivity contribution is 5.70. The highest BCUT2D eigenvalue weighted by Crippen LogP contribution is 2.11. The van der Waals surface area contributed by atoms with Gasteiger partial charge in [0.15, 0.2) is 6.10 Å². The predicted octanol–water partition coefficient (Wildman–Crippen LogP) is 15.1. The molecule has 0 saturated heterocycles. The van der Waals surface area contributed by atoms with E-state index in [9.17, 15) is 9.59 Å². The topological polar surface area (TPSA) is 61.8 Å². The molecule has 5 nitrogen and oxygen atoms in total. The molecule has 0 aromatic rings. The Hall–Kier alpha value is -3.18. The van der Waals surface area contributed by atoms with E-state index in [0.29, 0.717) is 19.4 Å². The smallest absolute Gasteiger partial charge is 0.306 e. The second kappa shape index (κ2) is 46.2. The van der Waals surface area contributed by atoms with Crippen LogP contribution in [0.3, 0.4) is 0 Å². The van der Waals surface area contributed by atoms with Crippen molar-refractivity contribution in [3.63, 3.8) is 0 Å². The van der Waals surface area contributed by atoms with Gasteiger partial charge in [0.05, 0.1) is 6.61 Å². The molecule has 0 aliphatic rings. The minimum atomic E-state index is -0.569. The van der Waals surface area contributed by atoms with Gasteiger partial charge in [-0.2, -0.15) is 0 Å². The first kappa shape index (κ1) is 52.8. The molecule has 0 aromatic carbocycles. The number of hydrogen-bond donors (Lipinski definition) is 0. The Labute approximate surface area is 345 Å². The summed E-state index contributed by atoms with van der Waals surface area (Å²) in [4.78, 5) is 25.2. The van der Waals surface area contributed by atoms with Crippen LogP contribution < -0.4 is 0 Å². The Bertz CT molecular complexity index is 1110. The van der Waals surface area contributed by atoms with Crippen LogP contribution in [0.15, 0.2) is 97.2 Å². The Morgan fingerprint density at radius 1 is 0.411 bits per heavy atom. The molecule has 318 valence electrons. The van der Waals surface area contributed by atoms with Gasteiger partial charge in [-0.3, -0.25) is 9.59 Å². The minimum absolute atomic E-state index is 0.0514. The van der Waals surface area contributed by atoms with Crippen LogP contribution >= 0.6 is 0 Å². The highest BCUT2D eigenvalue weighted by atomic mass is 16.6. The summed E-state index contributed by atoms with van der Waals surface area (Å²) >= 11 is 0. The average molecular weight is 777 g/mol. The first-order chi connectivity index (χ1) is 27.6. The van der Waals surface area contributed by atoms with Gasteiger partial charge >= 0.3 is 11.9 Å². The minimum Gasteiger partial charge on any atom is -0.462 e. The van der Waals surface area contributed by atoms with Gasteiger partial charge in [-0.15, -0.1) is 0 Å². The molecular formula is C51H84O5. The zero-order valence-electron chi connectivity index (χ0n) is 36.4. The number of esters is 2. The van der Waals surface area contributed by atoms with Crippen LogP contribution in [0.4, 0.5) is 0 Å². The first-order valence-corrected chi connectivity index (χ1v) is 22.8. The van der Waals surface area contributed by atoms with Crippen LogP contribution in [0, 0.1) is 0 Å². The number of carbonyl (C=O) groups is 2. The zero-order chi connectivity index (χ0) is 40.7. The molecule has 0 spiro atoms. The van der Waals surface area contributed by atoms with Crippen LogP contribution in [0.1, 0.15) is 188 Å². The lowest BCUT2D eigenvalue weighted by Gasteiger charge is -2.18. The summed E-state index contributed by atoms with van der Waals surface area (Å²) in [6.45, 7) is 7.49. The fourth-order valence-electron chi connectivity index (χ4n) is 5.78. The quantitative estimate of drug-likeness (QED) is 0.0352. The fourth-order valence-corrected chi connectivity index (χ4v) is 5.78. The van der Waals surface area contributed by atoms with Crippen LogP contribution in [0.5, 0.6) is 0 Å². The van der Waals surface area contributed by atoms with E-state index in [-0.39, 0.29) is 25.2 Å². The molecule has 0 fully saturated rings. The molecule has 56 heavy (non-hydrogen) atoms. The van der Waals surface area contributed by atoms with Crippen molar-refractivity contribution in [3.8, 4) is 0 Å². The molecule has 0 rings (SSSR count). The summed E-state index contributed by atoms with van der Waals surface area (Å²) in [7, 11) is 0. The van der Waals surface area contributed by atoms with Gasteiger partial charge in [0.25, 0.3) is 0 Å². The van der Waals surface area contributed by atoms with Crippen molar-refractivity contribution in [2.24, 2.45) is 0 Å².